The second-order valence-electron chi connectivity index (χ2n) is 20.0. The van der Waals surface area contributed by atoms with Crippen molar-refractivity contribution in [3.05, 3.63) is 215 Å². The Morgan fingerprint density at radius 1 is 0.648 bits per heavy atom. The van der Waals surface area contributed by atoms with Gasteiger partial charge in [-0.15, -0.1) is 23.5 Å². The Kier molecular flexibility index (Phi) is 18.8. The van der Waals surface area contributed by atoms with Gasteiger partial charge in [0.05, 0.1) is 49.6 Å². The number of anilines is 2. The van der Waals surface area contributed by atoms with Gasteiger partial charge in [0.2, 0.25) is 0 Å². The van der Waals surface area contributed by atoms with Crippen LogP contribution in [0.1, 0.15) is 74.3 Å². The Hall–Kier alpha value is -9.34. The summed E-state index contributed by atoms with van der Waals surface area (Å²) in [6.07, 6.45) is -9.34. The number of allylic oxidation sites excluding steroid dienone is 2. The third-order valence-electron chi connectivity index (χ3n) is 14.9. The van der Waals surface area contributed by atoms with Gasteiger partial charge in [0, 0.05) is 56.2 Å². The van der Waals surface area contributed by atoms with E-state index in [4.69, 9.17) is 0 Å². The standard InChI is InChI=1S/C61H36F18N8O2S2/c1-3-86-54(33(22-80)23-81)36(24-82)35(59(86)89)14-11-28-9-12-34(13-10-28)87-38(29-7-5-4-6-8-29)21-37(83-87)39-42(62)48(68)55(49(69)43(39)63)84-15-17-85(18-16-84)58(88)30-19-31(25-90-56-50(70)44(64)40(60(74,75)76)45(65)51(56)71)27(2)32(20-30)26-91-57-52(72)46(66)41(61(77,78)79)47(67)53(57)73/h4-14,19-20,38H,3,15-18,21,25-26H2,1-2H3/b14-11+. The van der Waals surface area contributed by atoms with Crippen LogP contribution in [-0.4, -0.2) is 60.0 Å². The summed E-state index contributed by atoms with van der Waals surface area (Å²) in [5.74, 6) is -32.1. The number of carbonyl (C=O) groups is 2. The van der Waals surface area contributed by atoms with Crippen LogP contribution in [0, 0.1) is 111 Å². The highest BCUT2D eigenvalue weighted by Crippen LogP contribution is 2.45. The molecule has 3 heterocycles. The first-order valence-corrected chi connectivity index (χ1v) is 28.3. The predicted molar refractivity (Wildman–Crippen MR) is 294 cm³/mol. The topological polar surface area (TPSA) is 131 Å². The first-order chi connectivity index (χ1) is 43.0. The number of piperazine rings is 1. The van der Waals surface area contributed by atoms with Gasteiger partial charge in [0.1, 0.15) is 35.0 Å². The molecule has 6 aromatic rings. The number of halogens is 18. The molecule has 1 saturated heterocycles. The maximum absolute atomic E-state index is 16.5. The van der Waals surface area contributed by atoms with Gasteiger partial charge < -0.3 is 14.7 Å². The SMILES string of the molecule is CCN1C(=O)C(/C=C/c2ccc(N3N=C(c4c(F)c(F)c(N5CCN(C(=O)c6cc(CSc7c(F)c(F)c(C(F)(F)F)c(F)c7F)c(C)c(CSc7c(F)c(F)c(C(F)(F)F)c(F)c7F)c6)CC5)c(F)c4F)CC3c3ccccc3)cc2)=C(C#N)C1=C(C#N)C#N. The first kappa shape index (κ1) is 66.1. The lowest BCUT2D eigenvalue weighted by molar-refractivity contribution is -0.144. The fourth-order valence-corrected chi connectivity index (χ4v) is 12.4. The Labute approximate surface area is 511 Å². The van der Waals surface area contributed by atoms with E-state index in [2.05, 4.69) is 5.10 Å². The van der Waals surface area contributed by atoms with Gasteiger partial charge in [-0.3, -0.25) is 14.6 Å². The van der Waals surface area contributed by atoms with Crippen molar-refractivity contribution >= 4 is 58.5 Å². The van der Waals surface area contributed by atoms with E-state index < -0.39 is 187 Å². The molecule has 1 unspecified atom stereocenters. The molecule has 0 radical (unpaired) electrons. The molecule has 0 bridgehead atoms. The van der Waals surface area contributed by atoms with Gasteiger partial charge in [-0.05, 0) is 72.0 Å². The Morgan fingerprint density at radius 3 is 1.57 bits per heavy atom. The lowest BCUT2D eigenvalue weighted by atomic mass is 9.96. The monoisotopic (exact) mass is 1320 g/mol. The number of amides is 2. The molecule has 10 nitrogen and oxygen atoms in total. The van der Waals surface area contributed by atoms with E-state index in [1.165, 1.54) is 36.2 Å². The van der Waals surface area contributed by atoms with E-state index in [1.54, 1.807) is 61.5 Å². The smallest absolute Gasteiger partial charge is 0.363 e. The Morgan fingerprint density at radius 2 is 1.13 bits per heavy atom. The molecule has 2 amide bonds. The van der Waals surface area contributed by atoms with E-state index in [-0.39, 0.29) is 70.0 Å². The van der Waals surface area contributed by atoms with E-state index in [9.17, 15) is 69.3 Å². The third kappa shape index (κ3) is 12.3. The molecule has 0 aliphatic carbocycles. The fourth-order valence-electron chi connectivity index (χ4n) is 10.3. The molecule has 3 aliphatic heterocycles. The second kappa shape index (κ2) is 25.9. The lowest BCUT2D eigenvalue weighted by Crippen LogP contribution is -2.49. The van der Waals surface area contributed by atoms with E-state index >= 15 is 35.1 Å². The third-order valence-corrected chi connectivity index (χ3v) is 17.1. The van der Waals surface area contributed by atoms with E-state index in [0.717, 1.165) is 26.8 Å². The van der Waals surface area contributed by atoms with Gasteiger partial charge >= 0.3 is 12.4 Å². The van der Waals surface area contributed by atoms with Crippen LogP contribution in [0.2, 0.25) is 0 Å². The van der Waals surface area contributed by atoms with Gasteiger partial charge in [-0.2, -0.15) is 47.2 Å². The van der Waals surface area contributed by atoms with Crippen LogP contribution in [-0.2, 0) is 28.7 Å². The number of hydrogen-bond acceptors (Lipinski definition) is 10. The van der Waals surface area contributed by atoms with Crippen LogP contribution < -0.4 is 9.91 Å². The summed E-state index contributed by atoms with van der Waals surface area (Å²) in [5.41, 5.74) is -9.23. The molecule has 91 heavy (non-hydrogen) atoms. The van der Waals surface area contributed by atoms with Gasteiger partial charge in [-0.25, -0.2) is 52.7 Å². The quantitative estimate of drug-likeness (QED) is 0.0453. The predicted octanol–water partition coefficient (Wildman–Crippen LogP) is 15.6. The van der Waals surface area contributed by atoms with Crippen molar-refractivity contribution < 1.29 is 88.6 Å². The summed E-state index contributed by atoms with van der Waals surface area (Å²) in [6, 6.07) is 20.9. The van der Waals surface area contributed by atoms with Crippen molar-refractivity contribution in [3.8, 4) is 18.2 Å². The number of alkyl halides is 6. The molecule has 6 aromatic carbocycles. The number of hydrazone groups is 1. The fraction of sp³-hybridized carbons (Fsp3) is 0.213. The molecule has 0 saturated carbocycles. The van der Waals surface area contributed by atoms with Gasteiger partial charge in [-0.1, -0.05) is 48.5 Å². The zero-order valence-corrected chi connectivity index (χ0v) is 47.9. The molecule has 0 spiro atoms. The van der Waals surface area contributed by atoms with Crippen LogP contribution in [0.25, 0.3) is 6.08 Å². The van der Waals surface area contributed by atoms with Crippen molar-refractivity contribution in [1.82, 2.24) is 9.80 Å². The highest BCUT2D eigenvalue weighted by Gasteiger charge is 2.45. The van der Waals surface area contributed by atoms with E-state index in [1.807, 2.05) is 6.07 Å². The summed E-state index contributed by atoms with van der Waals surface area (Å²) >= 11 is -0.276. The highest BCUT2D eigenvalue weighted by atomic mass is 32.2. The van der Waals surface area contributed by atoms with Crippen LogP contribution in [0.5, 0.6) is 0 Å². The zero-order chi connectivity index (χ0) is 66.5. The number of benzene rings is 6. The molecule has 9 rings (SSSR count). The molecule has 0 aromatic heterocycles. The first-order valence-electron chi connectivity index (χ1n) is 26.4. The van der Waals surface area contributed by atoms with Crippen LogP contribution >= 0.6 is 23.5 Å². The highest BCUT2D eigenvalue weighted by molar-refractivity contribution is 7.98. The number of likely N-dealkylation sites (N-methyl/N-ethyl adjacent to an activating group) is 1. The average molecular weight is 1320 g/mol. The lowest BCUT2D eigenvalue weighted by Gasteiger charge is -2.36. The average Bonchev–Trinajstić information content (AvgIpc) is 1.73. The van der Waals surface area contributed by atoms with Crippen molar-refractivity contribution in [1.29, 1.82) is 15.8 Å². The minimum Gasteiger partial charge on any atom is -0.363 e. The molecular formula is C61H36F18N8O2S2. The summed E-state index contributed by atoms with van der Waals surface area (Å²) < 4.78 is 265. The maximum atomic E-state index is 16.5. The number of nitriles is 3. The Balaban J connectivity index is 0.983. The van der Waals surface area contributed by atoms with Gasteiger partial charge in [0.25, 0.3) is 11.8 Å². The molecule has 3 aliphatic rings. The number of thioether (sulfide) groups is 2. The molecule has 470 valence electrons. The normalized spacial score (nSPS) is 15.5. The van der Waals surface area contributed by atoms with Crippen molar-refractivity contribution in [2.24, 2.45) is 5.10 Å². The number of rotatable bonds is 14. The summed E-state index contributed by atoms with van der Waals surface area (Å²) in [7, 11) is 0. The number of hydrogen-bond donors (Lipinski definition) is 0. The van der Waals surface area contributed by atoms with Crippen LogP contribution in [0.3, 0.4) is 0 Å². The molecule has 30 heteroatoms. The molecular weight excluding hydrogens is 1280 g/mol. The molecule has 1 fully saturated rings. The largest absolute Gasteiger partial charge is 0.422 e. The summed E-state index contributed by atoms with van der Waals surface area (Å²) in [6.45, 7) is 0.632. The van der Waals surface area contributed by atoms with Crippen LogP contribution in [0.15, 0.2) is 110 Å². The summed E-state index contributed by atoms with van der Waals surface area (Å²) in [4.78, 5) is 27.3. The summed E-state index contributed by atoms with van der Waals surface area (Å²) in [5, 5.41) is 34.7. The van der Waals surface area contributed by atoms with Gasteiger partial charge in [0.15, 0.2) is 75.4 Å². The number of carbonyl (C=O) groups excluding carboxylic acids is 2. The minimum absolute atomic E-state index is 0.0378. The van der Waals surface area contributed by atoms with E-state index in [0.29, 0.717) is 16.8 Å². The Bertz CT molecular complexity index is 4070. The van der Waals surface area contributed by atoms with Crippen molar-refractivity contribution in [3.63, 3.8) is 0 Å². The van der Waals surface area contributed by atoms with Crippen molar-refractivity contribution in [2.45, 2.75) is 60.0 Å². The maximum Gasteiger partial charge on any atom is 0.422 e. The zero-order valence-electron chi connectivity index (χ0n) is 46.3. The number of nitrogens with zero attached hydrogens (tertiary/aromatic N) is 8. The molecule has 1 atom stereocenters. The van der Waals surface area contributed by atoms with Crippen LogP contribution in [0.4, 0.5) is 90.4 Å². The van der Waals surface area contributed by atoms with Crippen molar-refractivity contribution in [2.75, 3.05) is 42.6 Å². The minimum atomic E-state index is -5.91. The second-order valence-corrected chi connectivity index (χ2v) is 22.0. The molecule has 0 N–H and O–H groups in total.